The molecule has 13 heteroatoms. The molecule has 2 aromatic rings. The molecule has 1 aromatic heterocycles. The summed E-state index contributed by atoms with van der Waals surface area (Å²) < 4.78 is 52.0. The predicted molar refractivity (Wildman–Crippen MR) is 123 cm³/mol. The van der Waals surface area contributed by atoms with Crippen LogP contribution in [-0.4, -0.2) is 65.1 Å². The molecule has 2 atom stereocenters. The molecule has 2 N–H and O–H groups in total. The fraction of sp³-hybridized carbons (Fsp3) is 0.391. The van der Waals surface area contributed by atoms with Gasteiger partial charge in [-0.3, -0.25) is 9.69 Å². The van der Waals surface area contributed by atoms with Gasteiger partial charge in [-0.05, 0) is 24.6 Å². The molecule has 2 aliphatic rings. The summed E-state index contributed by atoms with van der Waals surface area (Å²) in [5.41, 5.74) is -0.734. The predicted octanol–water partition coefficient (Wildman–Crippen LogP) is 3.73. The number of alkyl halides is 2. The Morgan fingerprint density at radius 3 is 2.64 bits per heavy atom. The fourth-order valence-electron chi connectivity index (χ4n) is 4.22. The van der Waals surface area contributed by atoms with E-state index in [-0.39, 0.29) is 24.5 Å². The van der Waals surface area contributed by atoms with Crippen molar-refractivity contribution in [3.63, 3.8) is 0 Å². The topological polar surface area (TPSA) is 113 Å². The first kappa shape index (κ1) is 25.6. The Hall–Kier alpha value is -3.45. The molecular weight excluding hydrogens is 501 g/mol. The molecule has 1 saturated heterocycles. The van der Waals surface area contributed by atoms with E-state index in [0.717, 1.165) is 7.11 Å². The molecule has 36 heavy (non-hydrogen) atoms. The number of carbonyl (C=O) groups is 2. The van der Waals surface area contributed by atoms with Crippen molar-refractivity contribution in [2.24, 2.45) is 4.99 Å². The van der Waals surface area contributed by atoms with Gasteiger partial charge in [0.05, 0.1) is 12.8 Å². The lowest BCUT2D eigenvalue weighted by atomic mass is 9.87. The van der Waals surface area contributed by atoms with Crippen molar-refractivity contribution in [2.45, 2.75) is 37.3 Å². The van der Waals surface area contributed by atoms with Crippen LogP contribution in [0.15, 0.2) is 52.3 Å². The number of hydrogen-bond acceptors (Lipinski definition) is 9. The minimum absolute atomic E-state index is 0.0391. The molecule has 1 fully saturated rings. The van der Waals surface area contributed by atoms with Crippen LogP contribution in [0.25, 0.3) is 0 Å². The number of methoxy groups -OCH3 is 1. The number of thiazole rings is 1. The summed E-state index contributed by atoms with van der Waals surface area (Å²) in [5.74, 6) is -4.74. The smallest absolute Gasteiger partial charge is 0.480 e. The number of carboxylic acid groups (broad SMARTS) is 1. The second kappa shape index (κ2) is 9.90. The van der Waals surface area contributed by atoms with Crippen LogP contribution >= 0.6 is 11.3 Å². The maximum Gasteiger partial charge on any atom is 0.513 e. The van der Waals surface area contributed by atoms with Gasteiger partial charge < -0.3 is 19.9 Å². The number of nitrogens with zero attached hydrogens (tertiary/aromatic N) is 3. The van der Waals surface area contributed by atoms with E-state index >= 15 is 0 Å². The average Bonchev–Trinajstić information content (AvgIpc) is 3.37. The van der Waals surface area contributed by atoms with Crippen LogP contribution in [0.5, 0.6) is 0 Å². The first-order valence-corrected chi connectivity index (χ1v) is 11.8. The number of likely N-dealkylation sites (tertiary alicyclic amines) is 1. The van der Waals surface area contributed by atoms with Crippen LogP contribution in [0, 0.1) is 5.82 Å². The Morgan fingerprint density at radius 1 is 1.31 bits per heavy atom. The van der Waals surface area contributed by atoms with Gasteiger partial charge in [0.25, 0.3) is 5.92 Å². The van der Waals surface area contributed by atoms with E-state index in [9.17, 15) is 27.9 Å². The first-order valence-electron chi connectivity index (χ1n) is 10.9. The van der Waals surface area contributed by atoms with E-state index in [2.05, 4.69) is 15.0 Å². The van der Waals surface area contributed by atoms with Crippen LogP contribution < -0.4 is 5.32 Å². The van der Waals surface area contributed by atoms with Crippen LogP contribution in [0.4, 0.5) is 18.0 Å². The molecule has 0 saturated carbocycles. The number of hydrogen-bond donors (Lipinski definition) is 2. The molecule has 0 aliphatic carbocycles. The number of benzene rings is 1. The van der Waals surface area contributed by atoms with Crippen molar-refractivity contribution < 1.29 is 37.3 Å². The van der Waals surface area contributed by atoms with Crippen molar-refractivity contribution in [1.29, 1.82) is 0 Å². The number of amidine groups is 1. The first-order chi connectivity index (χ1) is 17.0. The quantitative estimate of drug-likeness (QED) is 0.550. The number of ether oxygens (including phenoxy) is 2. The average molecular weight is 525 g/mol. The molecular formula is C23H23F3N4O5S. The molecule has 0 amide bonds. The van der Waals surface area contributed by atoms with Crippen molar-refractivity contribution >= 4 is 29.3 Å². The highest BCUT2D eigenvalue weighted by atomic mass is 32.1. The Bertz CT molecular complexity index is 1200. The number of carboxylic acids is 1. The molecule has 4 rings (SSSR count). The number of aliphatic carboxylic acids is 1. The van der Waals surface area contributed by atoms with Crippen molar-refractivity contribution in [3.05, 3.63) is 63.7 Å². The minimum atomic E-state index is -3.12. The van der Waals surface area contributed by atoms with Crippen molar-refractivity contribution in [2.75, 3.05) is 20.2 Å². The third kappa shape index (κ3) is 5.21. The lowest BCUT2D eigenvalue weighted by Gasteiger charge is -2.40. The zero-order valence-corrected chi connectivity index (χ0v) is 20.2. The second-order valence-corrected chi connectivity index (χ2v) is 9.39. The van der Waals surface area contributed by atoms with Crippen LogP contribution in [0.3, 0.4) is 0 Å². The van der Waals surface area contributed by atoms with E-state index in [1.165, 1.54) is 40.5 Å². The number of nitrogens with one attached hydrogen (secondary N) is 1. The van der Waals surface area contributed by atoms with Gasteiger partial charge in [0.1, 0.15) is 17.4 Å². The summed E-state index contributed by atoms with van der Waals surface area (Å²) in [6, 6.07) is 3.93. The standard InChI is InChI=1S/C23H23F3N4O5S/c1-22(13-3-5-14(24)6-4-13)17(35-21(33)34-2)15(28-18(29-22)19-27-8-10-36-19)12-30-9-7-23(25,26)11-16(30)20(31)32/h3-6,8,10,16H,7,9,11-12H2,1-2H3,(H,28,29)(H,31,32)/t16?,22-/m0/s1. The third-order valence-corrected chi connectivity index (χ3v) is 6.84. The SMILES string of the molecule is COC(=O)OC1=C(CN2CCC(F)(F)CC2C(=O)O)NC(c2nccs2)=N[C@@]1(C)c1ccc(F)cc1. The van der Waals surface area contributed by atoms with E-state index < -0.39 is 48.3 Å². The number of carbonyl (C=O) groups excluding carboxylic acids is 1. The number of aromatic nitrogens is 1. The number of piperidine rings is 1. The van der Waals surface area contributed by atoms with Crippen molar-refractivity contribution in [3.8, 4) is 0 Å². The highest BCUT2D eigenvalue weighted by Crippen LogP contribution is 2.40. The van der Waals surface area contributed by atoms with Crippen molar-refractivity contribution in [1.82, 2.24) is 15.2 Å². The van der Waals surface area contributed by atoms with Gasteiger partial charge in [-0.2, -0.15) is 0 Å². The number of aliphatic imine (C=N–C) groups is 1. The summed E-state index contributed by atoms with van der Waals surface area (Å²) in [5, 5.41) is 14.9. The second-order valence-electron chi connectivity index (χ2n) is 8.50. The van der Waals surface area contributed by atoms with Crippen LogP contribution in [0.2, 0.25) is 0 Å². The number of halogens is 3. The van der Waals surface area contributed by atoms with E-state index in [4.69, 9.17) is 9.73 Å². The molecule has 192 valence electrons. The number of rotatable bonds is 6. The lowest BCUT2D eigenvalue weighted by molar-refractivity contribution is -0.153. The summed E-state index contributed by atoms with van der Waals surface area (Å²) in [6.45, 7) is 1.24. The van der Waals surface area contributed by atoms with Gasteiger partial charge in [-0.1, -0.05) is 12.1 Å². The van der Waals surface area contributed by atoms with Gasteiger partial charge in [0.2, 0.25) is 0 Å². The summed E-state index contributed by atoms with van der Waals surface area (Å²) in [4.78, 5) is 34.4. The van der Waals surface area contributed by atoms with Gasteiger partial charge in [-0.15, -0.1) is 11.3 Å². The van der Waals surface area contributed by atoms with Gasteiger partial charge in [-0.25, -0.2) is 27.9 Å². The van der Waals surface area contributed by atoms with E-state index in [0.29, 0.717) is 16.4 Å². The van der Waals surface area contributed by atoms with Gasteiger partial charge >= 0.3 is 12.1 Å². The zero-order chi connectivity index (χ0) is 26.1. The molecule has 1 unspecified atom stereocenters. The molecule has 3 heterocycles. The molecule has 0 radical (unpaired) electrons. The van der Waals surface area contributed by atoms with Gasteiger partial charge in [0, 0.05) is 37.5 Å². The maximum absolute atomic E-state index is 14.0. The molecule has 0 bridgehead atoms. The lowest BCUT2D eigenvalue weighted by Crippen LogP contribution is -2.53. The fourth-order valence-corrected chi connectivity index (χ4v) is 4.80. The summed E-state index contributed by atoms with van der Waals surface area (Å²) >= 11 is 1.27. The Labute approximate surface area is 208 Å². The van der Waals surface area contributed by atoms with Crippen LogP contribution in [0.1, 0.15) is 30.3 Å². The Morgan fingerprint density at radius 2 is 2.03 bits per heavy atom. The third-order valence-electron chi connectivity index (χ3n) is 6.06. The Balaban J connectivity index is 1.83. The molecule has 0 spiro atoms. The van der Waals surface area contributed by atoms with Crippen LogP contribution in [-0.2, 0) is 19.8 Å². The van der Waals surface area contributed by atoms with E-state index in [1.807, 2.05) is 0 Å². The molecule has 1 aromatic carbocycles. The highest BCUT2D eigenvalue weighted by molar-refractivity contribution is 7.11. The Kier molecular flexibility index (Phi) is 7.05. The summed E-state index contributed by atoms with van der Waals surface area (Å²) in [6.07, 6.45) is -0.882. The normalized spacial score (nSPS) is 24.0. The van der Waals surface area contributed by atoms with E-state index in [1.54, 1.807) is 18.5 Å². The maximum atomic E-state index is 14.0. The van der Waals surface area contributed by atoms with Gasteiger partial charge in [0.15, 0.2) is 16.6 Å². The molecule has 9 nitrogen and oxygen atoms in total. The summed E-state index contributed by atoms with van der Waals surface area (Å²) in [7, 11) is 1.12. The zero-order valence-electron chi connectivity index (χ0n) is 19.3. The minimum Gasteiger partial charge on any atom is -0.480 e. The largest absolute Gasteiger partial charge is 0.513 e. The monoisotopic (exact) mass is 524 g/mol. The highest BCUT2D eigenvalue weighted by Gasteiger charge is 2.46. The molecule has 2 aliphatic heterocycles.